The Morgan fingerprint density at radius 1 is 1.62 bits per heavy atom. The number of hydrazine groups is 1. The Morgan fingerprint density at radius 3 is 2.85 bits per heavy atom. The lowest BCUT2D eigenvalue weighted by Crippen LogP contribution is -2.12. The van der Waals surface area contributed by atoms with E-state index in [1.807, 2.05) is 25.7 Å². The molecule has 0 radical (unpaired) electrons. The summed E-state index contributed by atoms with van der Waals surface area (Å²) in [4.78, 5) is 0. The molecule has 0 spiro atoms. The molecule has 3 N–H and O–H groups in total. The molecule has 0 saturated heterocycles. The number of anilines is 1. The van der Waals surface area contributed by atoms with Gasteiger partial charge >= 0.3 is 0 Å². The molecular weight excluding hydrogens is 184 g/mol. The third-order valence-corrected chi connectivity index (χ3v) is 2.83. The normalized spacial score (nSPS) is 10.5. The molecule has 0 fully saturated rings. The van der Waals surface area contributed by atoms with E-state index in [0.29, 0.717) is 0 Å². The van der Waals surface area contributed by atoms with Crippen molar-refractivity contribution in [1.29, 1.82) is 0 Å². The SMILES string of the molecule is CCSCc1c(C)nn(C)c1NN. The fourth-order valence-corrected chi connectivity index (χ4v) is 2.01. The molecule has 1 heterocycles. The second kappa shape index (κ2) is 4.53. The van der Waals surface area contributed by atoms with E-state index in [-0.39, 0.29) is 0 Å². The lowest BCUT2D eigenvalue weighted by molar-refractivity contribution is 0.760. The molecule has 1 rings (SSSR count). The van der Waals surface area contributed by atoms with E-state index >= 15 is 0 Å². The lowest BCUT2D eigenvalue weighted by atomic mass is 10.3. The zero-order chi connectivity index (χ0) is 9.84. The highest BCUT2D eigenvalue weighted by atomic mass is 32.2. The summed E-state index contributed by atoms with van der Waals surface area (Å²) in [5.41, 5.74) is 4.94. The van der Waals surface area contributed by atoms with Crippen LogP contribution in [0.4, 0.5) is 5.82 Å². The van der Waals surface area contributed by atoms with E-state index in [0.717, 1.165) is 23.0 Å². The van der Waals surface area contributed by atoms with Crippen molar-refractivity contribution in [2.45, 2.75) is 19.6 Å². The molecule has 74 valence electrons. The highest BCUT2D eigenvalue weighted by molar-refractivity contribution is 7.98. The van der Waals surface area contributed by atoms with E-state index in [1.165, 1.54) is 5.56 Å². The van der Waals surface area contributed by atoms with Gasteiger partial charge in [-0.15, -0.1) is 0 Å². The van der Waals surface area contributed by atoms with Crippen LogP contribution in [0.15, 0.2) is 0 Å². The predicted octanol–water partition coefficient (Wildman–Crippen LogP) is 1.27. The fraction of sp³-hybridized carbons (Fsp3) is 0.625. The summed E-state index contributed by atoms with van der Waals surface area (Å²) in [6, 6.07) is 0. The van der Waals surface area contributed by atoms with Crippen molar-refractivity contribution in [2.75, 3.05) is 11.2 Å². The Morgan fingerprint density at radius 2 is 2.31 bits per heavy atom. The molecule has 0 aliphatic carbocycles. The van der Waals surface area contributed by atoms with Gasteiger partial charge in [0.25, 0.3) is 0 Å². The Labute approximate surface area is 82.8 Å². The van der Waals surface area contributed by atoms with Crippen LogP contribution in [0.1, 0.15) is 18.2 Å². The maximum atomic E-state index is 5.42. The molecule has 5 heteroatoms. The van der Waals surface area contributed by atoms with Crippen molar-refractivity contribution >= 4 is 17.6 Å². The summed E-state index contributed by atoms with van der Waals surface area (Å²) < 4.78 is 1.78. The van der Waals surface area contributed by atoms with Crippen LogP contribution in [-0.4, -0.2) is 15.5 Å². The zero-order valence-corrected chi connectivity index (χ0v) is 9.11. The zero-order valence-electron chi connectivity index (χ0n) is 8.29. The number of nitrogens with one attached hydrogen (secondary N) is 1. The van der Waals surface area contributed by atoms with Gasteiger partial charge in [-0.2, -0.15) is 16.9 Å². The van der Waals surface area contributed by atoms with Gasteiger partial charge in [0.05, 0.1) is 5.69 Å². The second-order valence-electron chi connectivity index (χ2n) is 2.82. The Balaban J connectivity index is 2.89. The number of nitrogen functional groups attached to an aromatic ring is 1. The van der Waals surface area contributed by atoms with Crippen molar-refractivity contribution in [3.8, 4) is 0 Å². The number of hydrogen-bond donors (Lipinski definition) is 2. The van der Waals surface area contributed by atoms with Crippen LogP contribution in [0.2, 0.25) is 0 Å². The van der Waals surface area contributed by atoms with E-state index in [1.54, 1.807) is 4.68 Å². The number of thioether (sulfide) groups is 1. The van der Waals surface area contributed by atoms with E-state index < -0.39 is 0 Å². The van der Waals surface area contributed by atoms with Crippen LogP contribution in [0.5, 0.6) is 0 Å². The number of nitrogens with zero attached hydrogens (tertiary/aromatic N) is 2. The quantitative estimate of drug-likeness (QED) is 0.567. The predicted molar refractivity (Wildman–Crippen MR) is 57.6 cm³/mol. The molecule has 13 heavy (non-hydrogen) atoms. The van der Waals surface area contributed by atoms with Gasteiger partial charge in [0.2, 0.25) is 0 Å². The maximum absolute atomic E-state index is 5.42. The monoisotopic (exact) mass is 200 g/mol. The molecule has 0 aliphatic heterocycles. The summed E-state index contributed by atoms with van der Waals surface area (Å²) in [5.74, 6) is 8.41. The summed E-state index contributed by atoms with van der Waals surface area (Å²) in [6.45, 7) is 4.15. The van der Waals surface area contributed by atoms with E-state index in [9.17, 15) is 0 Å². The molecule has 1 aromatic rings. The van der Waals surface area contributed by atoms with Gasteiger partial charge in [-0.3, -0.25) is 4.68 Å². The number of aromatic nitrogens is 2. The van der Waals surface area contributed by atoms with Gasteiger partial charge < -0.3 is 5.43 Å². The number of aryl methyl sites for hydroxylation is 2. The average Bonchev–Trinajstić information content (AvgIpc) is 2.37. The van der Waals surface area contributed by atoms with Crippen LogP contribution >= 0.6 is 11.8 Å². The maximum Gasteiger partial charge on any atom is 0.142 e. The van der Waals surface area contributed by atoms with E-state index in [2.05, 4.69) is 17.4 Å². The highest BCUT2D eigenvalue weighted by Gasteiger charge is 2.10. The number of nitrogens with two attached hydrogens (primary N) is 1. The molecule has 0 saturated carbocycles. The first-order chi connectivity index (χ1) is 6.20. The second-order valence-corrected chi connectivity index (χ2v) is 4.09. The summed E-state index contributed by atoms with van der Waals surface area (Å²) in [5, 5.41) is 4.30. The van der Waals surface area contributed by atoms with Crippen molar-refractivity contribution in [3.05, 3.63) is 11.3 Å². The van der Waals surface area contributed by atoms with Crippen LogP contribution in [0.25, 0.3) is 0 Å². The standard InChI is InChI=1S/C8H16N4S/c1-4-13-5-7-6(2)11-12(3)8(7)10-9/h10H,4-5,9H2,1-3H3. The van der Waals surface area contributed by atoms with Crippen LogP contribution in [0.3, 0.4) is 0 Å². The first-order valence-electron chi connectivity index (χ1n) is 4.27. The van der Waals surface area contributed by atoms with E-state index in [4.69, 9.17) is 5.84 Å². The molecule has 0 amide bonds. The van der Waals surface area contributed by atoms with Crippen molar-refractivity contribution in [3.63, 3.8) is 0 Å². The van der Waals surface area contributed by atoms with Crippen molar-refractivity contribution in [2.24, 2.45) is 12.9 Å². The molecule has 0 aliphatic rings. The Bertz CT molecular complexity index is 282. The van der Waals surface area contributed by atoms with Gasteiger partial charge in [0.15, 0.2) is 0 Å². The molecule has 0 atom stereocenters. The molecule has 0 bridgehead atoms. The summed E-state index contributed by atoms with van der Waals surface area (Å²) in [6.07, 6.45) is 0. The number of rotatable bonds is 4. The highest BCUT2D eigenvalue weighted by Crippen LogP contribution is 2.22. The molecule has 4 nitrogen and oxygen atoms in total. The van der Waals surface area contributed by atoms with Crippen molar-refractivity contribution in [1.82, 2.24) is 9.78 Å². The number of hydrogen-bond acceptors (Lipinski definition) is 4. The van der Waals surface area contributed by atoms with Gasteiger partial charge in [0.1, 0.15) is 5.82 Å². The minimum atomic E-state index is 0.915. The molecular formula is C8H16N4S. The molecule has 0 aromatic carbocycles. The summed E-state index contributed by atoms with van der Waals surface area (Å²) in [7, 11) is 1.89. The Kier molecular flexibility index (Phi) is 3.62. The Hall–Kier alpha value is -0.680. The smallest absolute Gasteiger partial charge is 0.142 e. The first-order valence-corrected chi connectivity index (χ1v) is 5.43. The first kappa shape index (κ1) is 10.4. The third-order valence-electron chi connectivity index (χ3n) is 1.93. The van der Waals surface area contributed by atoms with Crippen molar-refractivity contribution < 1.29 is 0 Å². The largest absolute Gasteiger partial charge is 0.308 e. The minimum absolute atomic E-state index is 0.915. The van der Waals surface area contributed by atoms with Gasteiger partial charge in [-0.1, -0.05) is 6.92 Å². The average molecular weight is 200 g/mol. The fourth-order valence-electron chi connectivity index (χ4n) is 1.26. The molecule has 1 aromatic heterocycles. The van der Waals surface area contributed by atoms with Crippen LogP contribution < -0.4 is 11.3 Å². The van der Waals surface area contributed by atoms with Crippen LogP contribution in [0, 0.1) is 6.92 Å². The van der Waals surface area contributed by atoms with Gasteiger partial charge in [-0.05, 0) is 12.7 Å². The molecule has 0 unspecified atom stereocenters. The topological polar surface area (TPSA) is 55.9 Å². The van der Waals surface area contributed by atoms with Gasteiger partial charge in [-0.25, -0.2) is 5.84 Å². The lowest BCUT2D eigenvalue weighted by Gasteiger charge is -2.03. The van der Waals surface area contributed by atoms with Gasteiger partial charge in [0, 0.05) is 18.4 Å². The minimum Gasteiger partial charge on any atom is -0.308 e. The summed E-state index contributed by atoms with van der Waals surface area (Å²) >= 11 is 1.87. The third kappa shape index (κ3) is 2.16. The van der Waals surface area contributed by atoms with Crippen LogP contribution in [-0.2, 0) is 12.8 Å².